The molecule has 0 spiro atoms. The molecular formula is C18H21BrN2. The Labute approximate surface area is 135 Å². The summed E-state index contributed by atoms with van der Waals surface area (Å²) in [4.78, 5) is 2.45. The molecule has 1 aliphatic heterocycles. The van der Waals surface area contributed by atoms with Gasteiger partial charge in [-0.25, -0.2) is 0 Å². The second kappa shape index (κ2) is 6.20. The number of nitrogens with zero attached hydrogens (tertiary/aromatic N) is 1. The van der Waals surface area contributed by atoms with E-state index in [0.29, 0.717) is 12.6 Å². The highest BCUT2D eigenvalue weighted by atomic mass is 79.9. The number of fused-ring (bicyclic) bond motifs is 1. The lowest BCUT2D eigenvalue weighted by Gasteiger charge is -2.37. The summed E-state index contributed by atoms with van der Waals surface area (Å²) >= 11 is 3.75. The van der Waals surface area contributed by atoms with Crippen LogP contribution in [-0.2, 0) is 12.8 Å². The first kappa shape index (κ1) is 14.6. The molecule has 0 amide bonds. The zero-order valence-corrected chi connectivity index (χ0v) is 13.9. The van der Waals surface area contributed by atoms with Gasteiger partial charge >= 0.3 is 0 Å². The molecule has 110 valence electrons. The molecule has 2 aromatic rings. The topological polar surface area (TPSA) is 29.3 Å². The maximum absolute atomic E-state index is 5.65. The van der Waals surface area contributed by atoms with E-state index in [0.717, 1.165) is 17.3 Å². The maximum atomic E-state index is 5.65. The standard InChI is InChI=1S/C18H21BrN2/c1-13-6-8-15-4-2-3-5-17(15)21(13)18-9-7-14(10-11-20)12-16(18)19/h2-5,7,9,12-13H,6,8,10-11,20H2,1H3. The van der Waals surface area contributed by atoms with E-state index >= 15 is 0 Å². The summed E-state index contributed by atoms with van der Waals surface area (Å²) < 4.78 is 1.15. The molecule has 0 fully saturated rings. The van der Waals surface area contributed by atoms with Gasteiger partial charge in [-0.15, -0.1) is 0 Å². The fraction of sp³-hybridized carbons (Fsp3) is 0.333. The Bertz CT molecular complexity index is 639. The van der Waals surface area contributed by atoms with Crippen LogP contribution in [-0.4, -0.2) is 12.6 Å². The highest BCUT2D eigenvalue weighted by Gasteiger charge is 2.25. The number of halogens is 1. The van der Waals surface area contributed by atoms with Crippen molar-refractivity contribution in [1.82, 2.24) is 0 Å². The zero-order chi connectivity index (χ0) is 14.8. The van der Waals surface area contributed by atoms with Crippen molar-refractivity contribution < 1.29 is 0 Å². The van der Waals surface area contributed by atoms with Gasteiger partial charge in [0.1, 0.15) is 0 Å². The van der Waals surface area contributed by atoms with Gasteiger partial charge in [0.15, 0.2) is 0 Å². The average Bonchev–Trinajstić information content (AvgIpc) is 2.49. The van der Waals surface area contributed by atoms with Crippen LogP contribution in [0.5, 0.6) is 0 Å². The first-order valence-electron chi connectivity index (χ1n) is 7.56. The van der Waals surface area contributed by atoms with Crippen LogP contribution >= 0.6 is 15.9 Å². The molecular weight excluding hydrogens is 324 g/mol. The highest BCUT2D eigenvalue weighted by molar-refractivity contribution is 9.10. The zero-order valence-electron chi connectivity index (χ0n) is 12.3. The van der Waals surface area contributed by atoms with Gasteiger partial charge in [-0.1, -0.05) is 24.3 Å². The number of hydrogen-bond acceptors (Lipinski definition) is 2. The third-order valence-electron chi connectivity index (χ3n) is 4.23. The highest BCUT2D eigenvalue weighted by Crippen LogP contribution is 2.40. The quantitative estimate of drug-likeness (QED) is 0.892. The lowest BCUT2D eigenvalue weighted by Crippen LogP contribution is -2.33. The lowest BCUT2D eigenvalue weighted by atomic mass is 9.95. The Kier molecular flexibility index (Phi) is 4.32. The van der Waals surface area contributed by atoms with Gasteiger partial charge in [-0.05, 0) is 78.0 Å². The summed E-state index contributed by atoms with van der Waals surface area (Å²) in [6, 6.07) is 15.8. The Balaban J connectivity index is 2.03. The van der Waals surface area contributed by atoms with Crippen LogP contribution in [0.3, 0.4) is 0 Å². The second-order valence-electron chi connectivity index (χ2n) is 5.71. The summed E-state index contributed by atoms with van der Waals surface area (Å²) in [5.74, 6) is 0. The van der Waals surface area contributed by atoms with E-state index in [-0.39, 0.29) is 0 Å². The minimum absolute atomic E-state index is 0.511. The molecule has 1 aliphatic rings. The van der Waals surface area contributed by atoms with Crippen molar-refractivity contribution in [3.8, 4) is 0 Å². The first-order valence-corrected chi connectivity index (χ1v) is 8.35. The fourth-order valence-electron chi connectivity index (χ4n) is 3.12. The van der Waals surface area contributed by atoms with Crippen LogP contribution in [0, 0.1) is 0 Å². The van der Waals surface area contributed by atoms with Gasteiger partial charge in [0, 0.05) is 16.2 Å². The van der Waals surface area contributed by atoms with Crippen molar-refractivity contribution in [2.45, 2.75) is 32.2 Å². The predicted molar refractivity (Wildman–Crippen MR) is 93.3 cm³/mol. The van der Waals surface area contributed by atoms with Gasteiger partial charge < -0.3 is 10.6 Å². The summed E-state index contributed by atoms with van der Waals surface area (Å²) in [6.45, 7) is 2.99. The smallest absolute Gasteiger partial charge is 0.0557 e. The SMILES string of the molecule is CC1CCc2ccccc2N1c1ccc(CCN)cc1Br. The fourth-order valence-corrected chi connectivity index (χ4v) is 3.74. The Morgan fingerprint density at radius 2 is 2.00 bits per heavy atom. The summed E-state index contributed by atoms with van der Waals surface area (Å²) in [7, 11) is 0. The monoisotopic (exact) mass is 344 g/mol. The van der Waals surface area contributed by atoms with Crippen molar-refractivity contribution in [2.24, 2.45) is 5.73 Å². The van der Waals surface area contributed by atoms with Crippen molar-refractivity contribution in [3.05, 3.63) is 58.1 Å². The van der Waals surface area contributed by atoms with Gasteiger partial charge in [0.2, 0.25) is 0 Å². The second-order valence-corrected chi connectivity index (χ2v) is 6.57. The van der Waals surface area contributed by atoms with Gasteiger partial charge in [-0.3, -0.25) is 0 Å². The molecule has 0 aromatic heterocycles. The molecule has 0 saturated carbocycles. The normalized spacial score (nSPS) is 17.7. The molecule has 1 heterocycles. The number of benzene rings is 2. The number of hydrogen-bond donors (Lipinski definition) is 1. The third-order valence-corrected chi connectivity index (χ3v) is 4.86. The molecule has 2 N–H and O–H groups in total. The molecule has 0 saturated heterocycles. The van der Waals surface area contributed by atoms with E-state index in [2.05, 4.69) is 70.2 Å². The van der Waals surface area contributed by atoms with E-state index in [1.807, 2.05) is 0 Å². The molecule has 1 unspecified atom stereocenters. The minimum Gasteiger partial charge on any atom is -0.337 e. The molecule has 0 aliphatic carbocycles. The van der Waals surface area contributed by atoms with Crippen LogP contribution in [0.25, 0.3) is 0 Å². The molecule has 2 aromatic carbocycles. The largest absolute Gasteiger partial charge is 0.337 e. The van der Waals surface area contributed by atoms with E-state index in [1.165, 1.54) is 28.9 Å². The van der Waals surface area contributed by atoms with Crippen LogP contribution in [0.15, 0.2) is 46.9 Å². The number of anilines is 2. The third kappa shape index (κ3) is 2.85. The molecule has 0 bridgehead atoms. The number of aryl methyl sites for hydroxylation is 1. The lowest BCUT2D eigenvalue weighted by molar-refractivity contribution is 0.617. The summed E-state index contributed by atoms with van der Waals surface area (Å²) in [5.41, 5.74) is 11.0. The first-order chi connectivity index (χ1) is 10.2. The number of rotatable bonds is 3. The van der Waals surface area contributed by atoms with Crippen molar-refractivity contribution in [3.63, 3.8) is 0 Å². The minimum atomic E-state index is 0.511. The van der Waals surface area contributed by atoms with Crippen LogP contribution in [0.2, 0.25) is 0 Å². The molecule has 0 radical (unpaired) electrons. The molecule has 21 heavy (non-hydrogen) atoms. The number of para-hydroxylation sites is 1. The summed E-state index contributed by atoms with van der Waals surface area (Å²) in [6.07, 6.45) is 3.27. The Morgan fingerprint density at radius 3 is 2.76 bits per heavy atom. The van der Waals surface area contributed by atoms with Gasteiger partial charge in [0.25, 0.3) is 0 Å². The van der Waals surface area contributed by atoms with Crippen LogP contribution in [0.4, 0.5) is 11.4 Å². The van der Waals surface area contributed by atoms with Crippen LogP contribution in [0.1, 0.15) is 24.5 Å². The number of nitrogens with two attached hydrogens (primary N) is 1. The van der Waals surface area contributed by atoms with E-state index in [1.54, 1.807) is 0 Å². The summed E-state index contributed by atoms with van der Waals surface area (Å²) in [5, 5.41) is 0. The predicted octanol–water partition coefficient (Wildman–Crippen LogP) is 4.42. The van der Waals surface area contributed by atoms with Gasteiger partial charge in [0.05, 0.1) is 5.69 Å². The molecule has 3 rings (SSSR count). The van der Waals surface area contributed by atoms with Crippen molar-refractivity contribution in [1.29, 1.82) is 0 Å². The van der Waals surface area contributed by atoms with Crippen molar-refractivity contribution >= 4 is 27.3 Å². The molecule has 3 heteroatoms. The van der Waals surface area contributed by atoms with E-state index in [9.17, 15) is 0 Å². The van der Waals surface area contributed by atoms with Gasteiger partial charge in [-0.2, -0.15) is 0 Å². The van der Waals surface area contributed by atoms with Crippen molar-refractivity contribution in [2.75, 3.05) is 11.4 Å². The average molecular weight is 345 g/mol. The van der Waals surface area contributed by atoms with Crippen LogP contribution < -0.4 is 10.6 Å². The van der Waals surface area contributed by atoms with E-state index < -0.39 is 0 Å². The molecule has 2 nitrogen and oxygen atoms in total. The molecule has 1 atom stereocenters. The Morgan fingerprint density at radius 1 is 1.19 bits per heavy atom. The maximum Gasteiger partial charge on any atom is 0.0557 e. The Hall–Kier alpha value is -1.32. The van der Waals surface area contributed by atoms with E-state index in [4.69, 9.17) is 5.73 Å².